The molecule has 1 aliphatic rings. The van der Waals surface area contributed by atoms with E-state index in [4.69, 9.17) is 0 Å². The molecule has 34 heavy (non-hydrogen) atoms. The molecule has 1 aliphatic heterocycles. The Bertz CT molecular complexity index is 1470. The van der Waals surface area contributed by atoms with Crippen molar-refractivity contribution in [1.29, 1.82) is 0 Å². The van der Waals surface area contributed by atoms with Gasteiger partial charge in [-0.15, -0.1) is 11.3 Å². The molecule has 1 aromatic heterocycles. The highest BCUT2D eigenvalue weighted by Crippen LogP contribution is 2.32. The highest BCUT2D eigenvalue weighted by atomic mass is 32.1. The number of imide groups is 1. The number of rotatable bonds is 4. The Labute approximate surface area is 200 Å². The predicted octanol–water partition coefficient (Wildman–Crippen LogP) is 5.79. The SMILES string of the molecule is Cc1ccc(C)c(N2C(=O)c3ccc(C(=O)Nc4ccc(-c5csc(C)n5)cc4)cc3C2=O)c1. The molecule has 168 valence electrons. The quantitative estimate of drug-likeness (QED) is 0.386. The van der Waals surface area contributed by atoms with Crippen molar-refractivity contribution in [2.45, 2.75) is 20.8 Å². The third-order valence-electron chi connectivity index (χ3n) is 5.81. The summed E-state index contributed by atoms with van der Waals surface area (Å²) < 4.78 is 0. The van der Waals surface area contributed by atoms with Gasteiger partial charge in [0.25, 0.3) is 17.7 Å². The lowest BCUT2D eigenvalue weighted by Crippen LogP contribution is -2.30. The Balaban J connectivity index is 1.38. The Morgan fingerprint density at radius 2 is 1.62 bits per heavy atom. The normalized spacial score (nSPS) is 12.7. The van der Waals surface area contributed by atoms with E-state index in [1.165, 1.54) is 11.0 Å². The van der Waals surface area contributed by atoms with Gasteiger partial charge in [0.05, 0.1) is 27.5 Å². The van der Waals surface area contributed by atoms with Crippen LogP contribution in [0, 0.1) is 20.8 Å². The molecule has 5 rings (SSSR count). The summed E-state index contributed by atoms with van der Waals surface area (Å²) in [5.41, 5.74) is 5.67. The lowest BCUT2D eigenvalue weighted by molar-refractivity contribution is 0.0925. The van der Waals surface area contributed by atoms with Crippen LogP contribution < -0.4 is 10.2 Å². The number of nitrogens with zero attached hydrogens (tertiary/aromatic N) is 2. The van der Waals surface area contributed by atoms with Crippen LogP contribution in [0.1, 0.15) is 47.2 Å². The maximum absolute atomic E-state index is 13.1. The number of fused-ring (bicyclic) bond motifs is 1. The molecule has 0 fully saturated rings. The third kappa shape index (κ3) is 3.80. The number of thiazole rings is 1. The Kier molecular flexibility index (Phi) is 5.34. The zero-order valence-corrected chi connectivity index (χ0v) is 19.7. The van der Waals surface area contributed by atoms with Crippen LogP contribution in [0.25, 0.3) is 11.3 Å². The van der Waals surface area contributed by atoms with Gasteiger partial charge in [-0.2, -0.15) is 0 Å². The fraction of sp³-hybridized carbons (Fsp3) is 0.111. The number of benzene rings is 3. The molecule has 3 amide bonds. The molecule has 0 unspecified atom stereocenters. The summed E-state index contributed by atoms with van der Waals surface area (Å²) in [5.74, 6) is -1.16. The summed E-state index contributed by atoms with van der Waals surface area (Å²) in [6.07, 6.45) is 0. The average Bonchev–Trinajstić information content (AvgIpc) is 3.37. The smallest absolute Gasteiger partial charge is 0.266 e. The van der Waals surface area contributed by atoms with Crippen molar-refractivity contribution in [3.8, 4) is 11.3 Å². The summed E-state index contributed by atoms with van der Waals surface area (Å²) in [5, 5.41) is 5.84. The van der Waals surface area contributed by atoms with Crippen LogP contribution in [0.2, 0.25) is 0 Å². The minimum atomic E-state index is -0.425. The van der Waals surface area contributed by atoms with Crippen molar-refractivity contribution in [1.82, 2.24) is 4.98 Å². The number of aromatic nitrogens is 1. The van der Waals surface area contributed by atoms with Gasteiger partial charge in [0.1, 0.15) is 0 Å². The van der Waals surface area contributed by atoms with E-state index in [0.29, 0.717) is 22.5 Å². The summed E-state index contributed by atoms with van der Waals surface area (Å²) in [4.78, 5) is 44.7. The molecule has 0 saturated carbocycles. The van der Waals surface area contributed by atoms with Gasteiger partial charge < -0.3 is 5.32 Å². The van der Waals surface area contributed by atoms with E-state index in [0.717, 1.165) is 27.4 Å². The topological polar surface area (TPSA) is 79.4 Å². The van der Waals surface area contributed by atoms with Crippen molar-refractivity contribution >= 4 is 40.4 Å². The molecule has 0 bridgehead atoms. The van der Waals surface area contributed by atoms with E-state index in [2.05, 4.69) is 10.3 Å². The van der Waals surface area contributed by atoms with Crippen LogP contribution in [-0.4, -0.2) is 22.7 Å². The molecule has 0 saturated heterocycles. The highest BCUT2D eigenvalue weighted by Gasteiger charge is 2.37. The number of hydrogen-bond donors (Lipinski definition) is 1. The van der Waals surface area contributed by atoms with Gasteiger partial charge in [0.2, 0.25) is 0 Å². The van der Waals surface area contributed by atoms with Gasteiger partial charge in [-0.3, -0.25) is 14.4 Å². The summed E-state index contributed by atoms with van der Waals surface area (Å²) in [7, 11) is 0. The van der Waals surface area contributed by atoms with Gasteiger partial charge in [-0.1, -0.05) is 24.3 Å². The highest BCUT2D eigenvalue weighted by molar-refractivity contribution is 7.09. The zero-order chi connectivity index (χ0) is 24.0. The van der Waals surface area contributed by atoms with Crippen LogP contribution in [-0.2, 0) is 0 Å². The first-order valence-corrected chi connectivity index (χ1v) is 11.6. The molecular formula is C27H21N3O3S. The van der Waals surface area contributed by atoms with E-state index in [1.54, 1.807) is 23.5 Å². The van der Waals surface area contributed by atoms with E-state index < -0.39 is 5.91 Å². The molecule has 6 nitrogen and oxygen atoms in total. The molecular weight excluding hydrogens is 446 g/mol. The van der Waals surface area contributed by atoms with Crippen LogP contribution in [0.4, 0.5) is 11.4 Å². The Morgan fingerprint density at radius 3 is 2.32 bits per heavy atom. The Hall–Kier alpha value is -4.10. The summed E-state index contributed by atoms with van der Waals surface area (Å²) in [6, 6.07) is 17.7. The standard InChI is InChI=1S/C27H21N3O3S/c1-15-4-5-16(2)24(12-15)30-26(32)21-11-8-19(13-22(21)27(30)33)25(31)29-20-9-6-18(7-10-20)23-14-34-17(3)28-23/h4-14H,1-3H3,(H,29,31). The number of amides is 3. The van der Waals surface area contributed by atoms with Crippen LogP contribution in [0.3, 0.4) is 0 Å². The lowest BCUT2D eigenvalue weighted by atomic mass is 10.1. The van der Waals surface area contributed by atoms with E-state index in [-0.39, 0.29) is 17.4 Å². The first-order chi connectivity index (χ1) is 16.3. The number of aryl methyl sites for hydroxylation is 3. The van der Waals surface area contributed by atoms with Gasteiger partial charge in [0.15, 0.2) is 0 Å². The van der Waals surface area contributed by atoms with Crippen molar-refractivity contribution in [2.75, 3.05) is 10.2 Å². The fourth-order valence-electron chi connectivity index (χ4n) is 3.98. The maximum Gasteiger partial charge on any atom is 0.266 e. The predicted molar refractivity (Wildman–Crippen MR) is 134 cm³/mol. The van der Waals surface area contributed by atoms with Gasteiger partial charge in [0, 0.05) is 22.2 Å². The molecule has 4 aromatic rings. The first kappa shape index (κ1) is 21.7. The van der Waals surface area contributed by atoms with E-state index in [9.17, 15) is 14.4 Å². The first-order valence-electron chi connectivity index (χ1n) is 10.8. The second-order valence-electron chi connectivity index (χ2n) is 8.28. The van der Waals surface area contributed by atoms with Crippen molar-refractivity contribution < 1.29 is 14.4 Å². The monoisotopic (exact) mass is 467 g/mol. The van der Waals surface area contributed by atoms with Crippen molar-refractivity contribution in [3.05, 3.63) is 98.9 Å². The van der Waals surface area contributed by atoms with E-state index in [1.807, 2.05) is 68.6 Å². The molecule has 1 N–H and O–H groups in total. The summed E-state index contributed by atoms with van der Waals surface area (Å²) in [6.45, 7) is 5.73. The zero-order valence-electron chi connectivity index (χ0n) is 18.9. The number of carbonyl (C=O) groups excluding carboxylic acids is 3. The summed E-state index contributed by atoms with van der Waals surface area (Å²) >= 11 is 1.59. The van der Waals surface area contributed by atoms with Gasteiger partial charge >= 0.3 is 0 Å². The fourth-order valence-corrected chi connectivity index (χ4v) is 4.61. The molecule has 0 spiro atoms. The second kappa shape index (κ2) is 8.35. The average molecular weight is 468 g/mol. The molecule has 0 radical (unpaired) electrons. The third-order valence-corrected chi connectivity index (χ3v) is 6.59. The number of anilines is 2. The number of nitrogens with one attached hydrogen (secondary N) is 1. The van der Waals surface area contributed by atoms with Crippen molar-refractivity contribution in [3.63, 3.8) is 0 Å². The second-order valence-corrected chi connectivity index (χ2v) is 9.34. The van der Waals surface area contributed by atoms with Crippen LogP contribution in [0.15, 0.2) is 66.0 Å². The maximum atomic E-state index is 13.1. The number of carbonyl (C=O) groups is 3. The largest absolute Gasteiger partial charge is 0.322 e. The van der Waals surface area contributed by atoms with Crippen molar-refractivity contribution in [2.24, 2.45) is 0 Å². The minimum absolute atomic E-state index is 0.229. The Morgan fingerprint density at radius 1 is 0.882 bits per heavy atom. The lowest BCUT2D eigenvalue weighted by Gasteiger charge is -2.17. The molecule has 0 atom stereocenters. The molecule has 0 aliphatic carbocycles. The van der Waals surface area contributed by atoms with E-state index >= 15 is 0 Å². The number of hydrogen-bond acceptors (Lipinski definition) is 5. The van der Waals surface area contributed by atoms with Crippen LogP contribution in [0.5, 0.6) is 0 Å². The molecule has 7 heteroatoms. The minimum Gasteiger partial charge on any atom is -0.322 e. The molecule has 3 aromatic carbocycles. The van der Waals surface area contributed by atoms with Gasteiger partial charge in [-0.25, -0.2) is 9.88 Å². The van der Waals surface area contributed by atoms with Crippen LogP contribution >= 0.6 is 11.3 Å². The molecule has 2 heterocycles. The van der Waals surface area contributed by atoms with Gasteiger partial charge in [-0.05, 0) is 68.3 Å².